The number of benzene rings is 1. The SMILES string of the molecule is Cc1c(C2CCc3ccc(CC(C)C)cc3C2)c(=O)c1=O. The van der Waals surface area contributed by atoms with Gasteiger partial charge in [-0.05, 0) is 61.1 Å². The van der Waals surface area contributed by atoms with Gasteiger partial charge in [0.05, 0.1) is 0 Å². The van der Waals surface area contributed by atoms with Crippen molar-refractivity contribution in [1.29, 1.82) is 0 Å². The second kappa shape index (κ2) is 5.25. The standard InChI is InChI=1S/C19H22O2/c1-11(2)8-13-4-5-14-6-7-15(10-16(14)9-13)17-12(3)18(20)19(17)21/h4-5,9,11,15H,6-8,10H2,1-3H3. The van der Waals surface area contributed by atoms with Crippen molar-refractivity contribution in [2.75, 3.05) is 0 Å². The van der Waals surface area contributed by atoms with Crippen LogP contribution in [-0.2, 0) is 19.3 Å². The molecule has 2 aromatic rings. The lowest BCUT2D eigenvalue weighted by Gasteiger charge is -2.27. The minimum Gasteiger partial charge on any atom is -0.285 e. The first kappa shape index (κ1) is 14.2. The first-order valence-corrected chi connectivity index (χ1v) is 7.88. The lowest BCUT2D eigenvalue weighted by Crippen LogP contribution is -2.40. The summed E-state index contributed by atoms with van der Waals surface area (Å²) in [6.45, 7) is 6.26. The predicted molar refractivity (Wildman–Crippen MR) is 85.8 cm³/mol. The third-order valence-electron chi connectivity index (χ3n) is 4.75. The van der Waals surface area contributed by atoms with E-state index in [2.05, 4.69) is 32.0 Å². The molecule has 2 heteroatoms. The van der Waals surface area contributed by atoms with Crippen molar-refractivity contribution in [3.8, 4) is 0 Å². The van der Waals surface area contributed by atoms with E-state index in [1.165, 1.54) is 16.7 Å². The number of aryl methyl sites for hydroxylation is 1. The highest BCUT2D eigenvalue weighted by Crippen LogP contribution is 2.33. The highest BCUT2D eigenvalue weighted by atomic mass is 16.2. The van der Waals surface area contributed by atoms with E-state index in [-0.39, 0.29) is 16.8 Å². The summed E-state index contributed by atoms with van der Waals surface area (Å²) in [7, 11) is 0. The summed E-state index contributed by atoms with van der Waals surface area (Å²) in [5.74, 6) is 0.898. The largest absolute Gasteiger partial charge is 0.285 e. The Morgan fingerprint density at radius 1 is 1.14 bits per heavy atom. The Balaban J connectivity index is 1.88. The quantitative estimate of drug-likeness (QED) is 0.811. The van der Waals surface area contributed by atoms with Gasteiger partial charge < -0.3 is 0 Å². The average molecular weight is 282 g/mol. The van der Waals surface area contributed by atoms with Crippen LogP contribution in [0.15, 0.2) is 27.8 Å². The van der Waals surface area contributed by atoms with Gasteiger partial charge in [-0.2, -0.15) is 0 Å². The van der Waals surface area contributed by atoms with Crippen LogP contribution in [0.2, 0.25) is 0 Å². The summed E-state index contributed by atoms with van der Waals surface area (Å²) in [4.78, 5) is 23.2. The van der Waals surface area contributed by atoms with E-state index in [9.17, 15) is 9.59 Å². The monoisotopic (exact) mass is 282 g/mol. The van der Waals surface area contributed by atoms with Crippen LogP contribution in [0.5, 0.6) is 0 Å². The van der Waals surface area contributed by atoms with Crippen LogP contribution in [0.1, 0.15) is 54.0 Å². The van der Waals surface area contributed by atoms with E-state index in [1.54, 1.807) is 6.92 Å². The summed E-state index contributed by atoms with van der Waals surface area (Å²) < 4.78 is 0. The number of rotatable bonds is 3. The Bertz CT molecular complexity index is 745. The third kappa shape index (κ3) is 2.48. The molecule has 110 valence electrons. The Morgan fingerprint density at radius 2 is 1.90 bits per heavy atom. The van der Waals surface area contributed by atoms with Gasteiger partial charge in [-0.1, -0.05) is 32.0 Å². The molecule has 0 aliphatic heterocycles. The highest BCUT2D eigenvalue weighted by Gasteiger charge is 2.28. The molecule has 1 aliphatic rings. The van der Waals surface area contributed by atoms with Gasteiger partial charge in [0.25, 0.3) is 0 Å². The van der Waals surface area contributed by atoms with E-state index in [0.717, 1.165) is 31.2 Å². The molecule has 0 saturated carbocycles. The summed E-state index contributed by atoms with van der Waals surface area (Å²) in [5, 5.41) is 0. The normalized spacial score (nSPS) is 18.2. The van der Waals surface area contributed by atoms with Crippen LogP contribution < -0.4 is 10.9 Å². The second-order valence-corrected chi connectivity index (χ2v) is 6.84. The third-order valence-corrected chi connectivity index (χ3v) is 4.75. The molecule has 0 heterocycles. The summed E-state index contributed by atoms with van der Waals surface area (Å²) in [6.07, 6.45) is 4.01. The lowest BCUT2D eigenvalue weighted by molar-refractivity contribution is 0.571. The summed E-state index contributed by atoms with van der Waals surface area (Å²) in [6, 6.07) is 6.79. The van der Waals surface area contributed by atoms with Crippen molar-refractivity contribution in [1.82, 2.24) is 0 Å². The van der Waals surface area contributed by atoms with Gasteiger partial charge in [0.15, 0.2) is 0 Å². The predicted octanol–water partition coefficient (Wildman–Crippen LogP) is 3.06. The van der Waals surface area contributed by atoms with E-state index in [4.69, 9.17) is 0 Å². The van der Waals surface area contributed by atoms with Crippen molar-refractivity contribution in [2.45, 2.75) is 52.4 Å². The molecule has 0 radical (unpaired) electrons. The second-order valence-electron chi connectivity index (χ2n) is 6.84. The molecular formula is C19H22O2. The maximum atomic E-state index is 11.8. The van der Waals surface area contributed by atoms with Gasteiger partial charge in [-0.25, -0.2) is 0 Å². The minimum absolute atomic E-state index is 0.237. The Morgan fingerprint density at radius 3 is 2.57 bits per heavy atom. The number of hydrogen-bond donors (Lipinski definition) is 0. The summed E-state index contributed by atoms with van der Waals surface area (Å²) >= 11 is 0. The van der Waals surface area contributed by atoms with Crippen molar-refractivity contribution < 1.29 is 0 Å². The lowest BCUT2D eigenvalue weighted by atomic mass is 9.76. The molecule has 0 aromatic heterocycles. The molecule has 1 aliphatic carbocycles. The van der Waals surface area contributed by atoms with E-state index in [0.29, 0.717) is 11.5 Å². The molecule has 3 rings (SSSR count). The van der Waals surface area contributed by atoms with Gasteiger partial charge in [-0.3, -0.25) is 9.59 Å². The van der Waals surface area contributed by atoms with E-state index < -0.39 is 0 Å². The van der Waals surface area contributed by atoms with Crippen molar-refractivity contribution in [3.63, 3.8) is 0 Å². The molecular weight excluding hydrogens is 260 g/mol. The maximum Gasteiger partial charge on any atom is 0.229 e. The van der Waals surface area contributed by atoms with E-state index in [1.807, 2.05) is 0 Å². The first-order valence-electron chi connectivity index (χ1n) is 7.88. The number of fused-ring (bicyclic) bond motifs is 1. The fraction of sp³-hybridized carbons (Fsp3) is 0.474. The van der Waals surface area contributed by atoms with Crippen LogP contribution in [0.4, 0.5) is 0 Å². The summed E-state index contributed by atoms with van der Waals surface area (Å²) in [5.41, 5.74) is 5.16. The molecule has 21 heavy (non-hydrogen) atoms. The molecule has 1 atom stereocenters. The molecule has 1 unspecified atom stereocenters. The average Bonchev–Trinajstić information content (AvgIpc) is 2.46. The van der Waals surface area contributed by atoms with Gasteiger partial charge in [0.2, 0.25) is 10.9 Å². The number of hydrogen-bond acceptors (Lipinski definition) is 2. The Kier molecular flexibility index (Phi) is 3.56. The Labute approximate surface area is 125 Å². The van der Waals surface area contributed by atoms with Gasteiger partial charge in [0, 0.05) is 11.1 Å². The molecule has 0 spiro atoms. The smallest absolute Gasteiger partial charge is 0.229 e. The van der Waals surface area contributed by atoms with Crippen molar-refractivity contribution in [2.24, 2.45) is 5.92 Å². The van der Waals surface area contributed by atoms with Crippen LogP contribution in [-0.4, -0.2) is 0 Å². The fourth-order valence-electron chi connectivity index (χ4n) is 3.67. The highest BCUT2D eigenvalue weighted by molar-refractivity contribution is 5.41. The fourth-order valence-corrected chi connectivity index (χ4v) is 3.67. The van der Waals surface area contributed by atoms with Crippen LogP contribution >= 0.6 is 0 Å². The topological polar surface area (TPSA) is 34.1 Å². The molecule has 0 saturated heterocycles. The molecule has 0 N–H and O–H groups in total. The van der Waals surface area contributed by atoms with Crippen LogP contribution in [0.3, 0.4) is 0 Å². The molecule has 0 fully saturated rings. The molecule has 0 amide bonds. The van der Waals surface area contributed by atoms with Gasteiger partial charge >= 0.3 is 0 Å². The zero-order valence-electron chi connectivity index (χ0n) is 13.0. The molecule has 2 aromatic carbocycles. The Hall–Kier alpha value is -1.70. The first-order chi connectivity index (χ1) is 9.97. The maximum absolute atomic E-state index is 11.8. The van der Waals surface area contributed by atoms with Crippen molar-refractivity contribution in [3.05, 3.63) is 66.5 Å². The van der Waals surface area contributed by atoms with Crippen LogP contribution in [0, 0.1) is 12.8 Å². The van der Waals surface area contributed by atoms with Crippen LogP contribution in [0.25, 0.3) is 0 Å². The van der Waals surface area contributed by atoms with E-state index >= 15 is 0 Å². The molecule has 0 bridgehead atoms. The van der Waals surface area contributed by atoms with Gasteiger partial charge in [0.1, 0.15) is 0 Å². The minimum atomic E-state index is -0.274. The van der Waals surface area contributed by atoms with Gasteiger partial charge in [-0.15, -0.1) is 0 Å². The molecule has 2 nitrogen and oxygen atoms in total. The van der Waals surface area contributed by atoms with Crippen molar-refractivity contribution >= 4 is 0 Å². The zero-order chi connectivity index (χ0) is 15.1. The zero-order valence-corrected chi connectivity index (χ0v) is 13.0.